The van der Waals surface area contributed by atoms with Crippen molar-refractivity contribution in [2.24, 2.45) is 0 Å². The van der Waals surface area contributed by atoms with Gasteiger partial charge in [0.1, 0.15) is 11.6 Å². The van der Waals surface area contributed by atoms with Crippen LogP contribution in [0.4, 0.5) is 0 Å². The van der Waals surface area contributed by atoms with Gasteiger partial charge in [-0.25, -0.2) is 4.98 Å². The summed E-state index contributed by atoms with van der Waals surface area (Å²) < 4.78 is 85.3. The molecule has 9 aromatic rings. The molecular weight excluding hydrogens is 1010 g/mol. The normalized spacial score (nSPS) is 15.0. The van der Waals surface area contributed by atoms with Crippen LogP contribution in [-0.2, 0) is 37.3 Å². The van der Waals surface area contributed by atoms with Crippen molar-refractivity contribution in [2.75, 3.05) is 0 Å². The van der Waals surface area contributed by atoms with Gasteiger partial charge in [0.25, 0.3) is 0 Å². The van der Waals surface area contributed by atoms with Crippen LogP contribution >= 0.6 is 0 Å². The fraction of sp³-hybridized carbons (Fsp3) is 0.238. The molecule has 1 N–H and O–H groups in total. The Kier molecular flexibility index (Phi) is 10.0. The molecule has 0 aliphatic rings. The topological polar surface area (TPSA) is 50.9 Å². The maximum absolute atomic E-state index is 12.6. The van der Waals surface area contributed by atoms with E-state index in [1.165, 1.54) is 12.1 Å². The Morgan fingerprint density at radius 2 is 1.24 bits per heavy atom. The molecule has 346 valence electrons. The van der Waals surface area contributed by atoms with Crippen LogP contribution in [0.5, 0.6) is 5.75 Å². The molecule has 0 bridgehead atoms. The Hall–Kier alpha value is -6.35. The zero-order valence-corrected chi connectivity index (χ0v) is 42.0. The number of pyridine rings is 1. The summed E-state index contributed by atoms with van der Waals surface area (Å²) in [4.78, 5) is 10.4. The van der Waals surface area contributed by atoms with Gasteiger partial charge in [-0.05, 0) is 91.4 Å². The van der Waals surface area contributed by atoms with Gasteiger partial charge in [0.15, 0.2) is 0 Å². The molecule has 2 aromatic heterocycles. The zero-order chi connectivity index (χ0) is 55.8. The van der Waals surface area contributed by atoms with Crippen molar-refractivity contribution in [1.82, 2.24) is 14.5 Å². The molecule has 9 rings (SSSR count). The summed E-state index contributed by atoms with van der Waals surface area (Å²) in [6, 6.07) is 53.5. The number of fused-ring (bicyclic) bond motifs is 1. The minimum Gasteiger partial charge on any atom is -0.507 e. The molecule has 68 heavy (non-hydrogen) atoms. The summed E-state index contributed by atoms with van der Waals surface area (Å²) in [6.45, 7) is 6.38. The Labute approximate surface area is 432 Å². The molecular formula is C63H62N3OPt-. The molecule has 0 atom stereocenters. The van der Waals surface area contributed by atoms with Crippen molar-refractivity contribution in [1.29, 1.82) is 0 Å². The molecule has 0 spiro atoms. The van der Waals surface area contributed by atoms with Crippen molar-refractivity contribution in [3.05, 3.63) is 192 Å². The third-order valence-corrected chi connectivity index (χ3v) is 12.6. The first-order valence-electron chi connectivity index (χ1n) is 27.7. The number of aromatic nitrogens is 3. The molecule has 0 radical (unpaired) electrons. The van der Waals surface area contributed by atoms with Crippen molar-refractivity contribution in [2.45, 2.75) is 98.1 Å². The average Bonchev–Trinajstić information content (AvgIpc) is 3.90. The van der Waals surface area contributed by atoms with Crippen LogP contribution < -0.4 is 0 Å². The fourth-order valence-corrected chi connectivity index (χ4v) is 8.76. The smallest absolute Gasteiger partial charge is 0.148 e. The number of benzene rings is 7. The van der Waals surface area contributed by atoms with E-state index < -0.39 is 37.3 Å². The predicted molar refractivity (Wildman–Crippen MR) is 282 cm³/mol. The maximum Gasteiger partial charge on any atom is 0.148 e. The van der Waals surface area contributed by atoms with E-state index in [0.717, 1.165) is 55.7 Å². The number of phenolic OH excluding ortho intramolecular Hbond substituents is 1. The number of rotatable bonds is 8. The van der Waals surface area contributed by atoms with Gasteiger partial charge in [-0.1, -0.05) is 208 Å². The van der Waals surface area contributed by atoms with Gasteiger partial charge in [-0.3, -0.25) is 9.55 Å². The van der Waals surface area contributed by atoms with Gasteiger partial charge >= 0.3 is 0 Å². The monoisotopic (exact) mass is 1080 g/mol. The predicted octanol–water partition coefficient (Wildman–Crippen LogP) is 16.9. The molecule has 4 nitrogen and oxygen atoms in total. The van der Waals surface area contributed by atoms with E-state index >= 15 is 0 Å². The molecule has 0 aliphatic heterocycles. The van der Waals surface area contributed by atoms with E-state index in [2.05, 4.69) is 94.6 Å². The Morgan fingerprint density at radius 3 is 1.88 bits per heavy atom. The molecule has 0 saturated carbocycles. The first-order valence-corrected chi connectivity index (χ1v) is 22.7. The number of aromatic hydroxyl groups is 1. The number of hydrogen-bond acceptors (Lipinski definition) is 3. The fourth-order valence-electron chi connectivity index (χ4n) is 8.76. The molecule has 7 aromatic carbocycles. The van der Waals surface area contributed by atoms with Gasteiger partial charge in [-0.15, -0.1) is 23.8 Å². The second-order valence-electron chi connectivity index (χ2n) is 19.8. The van der Waals surface area contributed by atoms with Crippen LogP contribution in [0.25, 0.3) is 83.9 Å². The molecule has 0 unspecified atom stereocenters. The zero-order valence-electron chi connectivity index (χ0n) is 49.7. The Morgan fingerprint density at radius 1 is 0.574 bits per heavy atom. The average molecular weight is 1080 g/mol. The largest absolute Gasteiger partial charge is 0.507 e. The van der Waals surface area contributed by atoms with E-state index in [1.54, 1.807) is 24.4 Å². The first kappa shape index (κ1) is 36.7. The van der Waals surface area contributed by atoms with E-state index in [9.17, 15) is 5.11 Å². The van der Waals surface area contributed by atoms with Crippen molar-refractivity contribution in [3.63, 3.8) is 0 Å². The van der Waals surface area contributed by atoms with E-state index in [4.69, 9.17) is 23.7 Å². The van der Waals surface area contributed by atoms with Gasteiger partial charge in [0, 0.05) is 57.8 Å². The molecule has 2 heterocycles. The van der Waals surface area contributed by atoms with Crippen LogP contribution in [-0.4, -0.2) is 19.6 Å². The summed E-state index contributed by atoms with van der Waals surface area (Å²) >= 11 is 0. The second kappa shape index (κ2) is 18.6. The molecule has 0 aliphatic carbocycles. The summed E-state index contributed by atoms with van der Waals surface area (Å²) in [7, 11) is 0. The summed E-state index contributed by atoms with van der Waals surface area (Å²) in [6.07, 6.45) is 1.65. The quantitative estimate of drug-likeness (QED) is 0.154. The number of phenols is 1. The molecule has 0 amide bonds. The third-order valence-electron chi connectivity index (χ3n) is 12.6. The minimum absolute atomic E-state index is 0. The third kappa shape index (κ3) is 9.54. The number of para-hydroxylation sites is 1. The molecule has 0 fully saturated rings. The Balaban J connectivity index is 0.00000803. The minimum atomic E-state index is -3.39. The Bertz CT molecular complexity index is 3620. The molecule has 5 heteroatoms. The van der Waals surface area contributed by atoms with Gasteiger partial charge in [0.2, 0.25) is 0 Å². The SMILES string of the molecule is [2H]C(C)(C)c1ccc(-n2c(-c3cc(C(C)(C)C)cc(C(C)(C)C)c3O)nc3c(-c4[c-]c(-c5cc(-c6ccc(C(C([2H])([2H])[2H])(C([2H])([2H])[2H])C([2H])([2H])[2H])cc6)ccn5)cc(-c5ccccc5)c4)cccc32)c(-c2ccccc2)c1.[Pt]. The van der Waals surface area contributed by atoms with Gasteiger partial charge in [0.05, 0.1) is 22.3 Å². The second-order valence-corrected chi connectivity index (χ2v) is 19.8. The standard InChI is InChI=1S/C63H62N3O.Pt/c1-40(2)44-27-30-56(52(36-44)43-21-16-13-17-22-43)66-57-24-18-23-51(58(57)65-60(66)53-38-50(62(6,7)8)39-54(59(53)67)63(9,10)11)47-33-46(41-19-14-12-15-20-41)34-48(35-47)55-37-45(31-32-64-55)42-25-28-49(29-26-42)61(3,4)5;/h12-34,36-40,67H,1-11H3;/q-1;/i3D3,4D3,5D3,40D;. The van der Waals surface area contributed by atoms with Crippen LogP contribution in [0.1, 0.15) is 118 Å². The number of hydrogen-bond donors (Lipinski definition) is 1. The van der Waals surface area contributed by atoms with Crippen LogP contribution in [0.2, 0.25) is 0 Å². The van der Waals surface area contributed by atoms with E-state index in [1.807, 2.05) is 98.8 Å². The summed E-state index contributed by atoms with van der Waals surface area (Å²) in [5.41, 5.74) is 8.90. The van der Waals surface area contributed by atoms with Gasteiger partial charge < -0.3 is 5.11 Å². The number of nitrogens with zero attached hydrogens (tertiary/aromatic N) is 3. The van der Waals surface area contributed by atoms with Crippen LogP contribution in [0.15, 0.2) is 164 Å². The van der Waals surface area contributed by atoms with Crippen molar-refractivity contribution >= 4 is 11.0 Å². The summed E-state index contributed by atoms with van der Waals surface area (Å²) in [5, 5.41) is 12.6. The summed E-state index contributed by atoms with van der Waals surface area (Å²) in [5.74, 6) is -0.227. The van der Waals surface area contributed by atoms with Crippen molar-refractivity contribution < 1.29 is 39.9 Å². The van der Waals surface area contributed by atoms with Crippen molar-refractivity contribution in [3.8, 4) is 78.6 Å². The number of imidazole rings is 1. The van der Waals surface area contributed by atoms with Crippen LogP contribution in [0, 0.1) is 6.07 Å². The maximum atomic E-state index is 12.6. The van der Waals surface area contributed by atoms with Gasteiger partial charge in [-0.2, -0.15) is 0 Å². The first-order chi connectivity index (χ1) is 35.9. The van der Waals surface area contributed by atoms with E-state index in [0.29, 0.717) is 44.9 Å². The molecule has 0 saturated heterocycles. The van der Waals surface area contributed by atoms with Crippen LogP contribution in [0.3, 0.4) is 0 Å². The van der Waals surface area contributed by atoms with E-state index in [-0.39, 0.29) is 37.8 Å².